The minimum Gasteiger partial charge on any atom is -0.391 e. The predicted molar refractivity (Wildman–Crippen MR) is 75.9 cm³/mol. The van der Waals surface area contributed by atoms with E-state index in [9.17, 15) is 20.0 Å². The number of carbonyl (C=O) groups is 1. The lowest BCUT2D eigenvalue weighted by Gasteiger charge is -2.17. The summed E-state index contributed by atoms with van der Waals surface area (Å²) in [6.07, 6.45) is 0.0798. The van der Waals surface area contributed by atoms with Crippen molar-refractivity contribution < 1.29 is 14.8 Å². The zero-order valence-electron chi connectivity index (χ0n) is 11.3. The molecule has 0 aliphatic heterocycles. The maximum Gasteiger partial charge on any atom is 0.300 e. The molecule has 0 heterocycles. The molecule has 2 atom stereocenters. The molecule has 6 nitrogen and oxygen atoms in total. The van der Waals surface area contributed by atoms with Crippen molar-refractivity contribution >= 4 is 23.2 Å². The quantitative estimate of drug-likeness (QED) is 0.623. The second-order valence-electron chi connectivity index (χ2n) is 4.56. The number of nitrogens with zero attached hydrogens (tertiary/aromatic N) is 1. The number of aliphatic hydroxyl groups is 1. The lowest BCUT2D eigenvalue weighted by atomic mass is 10.0. The summed E-state index contributed by atoms with van der Waals surface area (Å²) >= 11 is 5.73. The Kier molecular flexibility index (Phi) is 5.91. The van der Waals surface area contributed by atoms with E-state index in [1.165, 1.54) is 18.2 Å². The second kappa shape index (κ2) is 7.21. The Morgan fingerprint density at radius 1 is 1.55 bits per heavy atom. The number of amides is 1. The Balaban J connectivity index is 2.83. The predicted octanol–water partition coefficient (Wildman–Crippen LogP) is 2.39. The van der Waals surface area contributed by atoms with Crippen molar-refractivity contribution in [1.29, 1.82) is 0 Å². The Hall–Kier alpha value is -1.66. The average Bonchev–Trinajstić information content (AvgIpc) is 2.42. The monoisotopic (exact) mass is 300 g/mol. The van der Waals surface area contributed by atoms with Crippen molar-refractivity contribution in [2.45, 2.75) is 26.4 Å². The van der Waals surface area contributed by atoms with Crippen molar-refractivity contribution in [3.05, 3.63) is 38.9 Å². The Labute approximate surface area is 121 Å². The number of hydrogen-bond donors (Lipinski definition) is 2. The number of nitro benzene ring substituents is 1. The third kappa shape index (κ3) is 3.91. The smallest absolute Gasteiger partial charge is 0.300 e. The van der Waals surface area contributed by atoms with Gasteiger partial charge in [0.15, 0.2) is 0 Å². The van der Waals surface area contributed by atoms with Crippen LogP contribution in [0.25, 0.3) is 0 Å². The van der Waals surface area contributed by atoms with Crippen molar-refractivity contribution in [1.82, 2.24) is 5.32 Å². The molecule has 0 saturated carbocycles. The molecular formula is C13H17ClN2O4. The Bertz CT molecular complexity index is 507. The van der Waals surface area contributed by atoms with Gasteiger partial charge in [-0.15, -0.1) is 0 Å². The number of rotatable bonds is 6. The molecule has 0 bridgehead atoms. The number of benzene rings is 1. The minimum atomic E-state index is -0.692. The zero-order chi connectivity index (χ0) is 15.3. The van der Waals surface area contributed by atoms with Crippen LogP contribution in [0, 0.1) is 16.0 Å². The lowest BCUT2D eigenvalue weighted by molar-refractivity contribution is -0.385. The van der Waals surface area contributed by atoms with Gasteiger partial charge in [-0.3, -0.25) is 14.9 Å². The molecule has 1 aromatic carbocycles. The standard InChI is InChI=1S/C13H17ClN2O4/c1-3-8(2)11(17)7-15-13(18)9-5-4-6-10(14)12(9)16(19)20/h4-6,8,11,17H,3,7H2,1-2H3,(H,15,18). The molecule has 2 unspecified atom stereocenters. The topological polar surface area (TPSA) is 92.5 Å². The molecule has 2 N–H and O–H groups in total. The number of aliphatic hydroxyl groups excluding tert-OH is 1. The first kappa shape index (κ1) is 16.4. The third-order valence-corrected chi connectivity index (χ3v) is 3.49. The van der Waals surface area contributed by atoms with Crippen LogP contribution in [0.4, 0.5) is 5.69 Å². The van der Waals surface area contributed by atoms with Crippen molar-refractivity contribution in [3.63, 3.8) is 0 Å². The molecule has 0 aliphatic carbocycles. The number of nitrogens with one attached hydrogen (secondary N) is 1. The van der Waals surface area contributed by atoms with Crippen LogP contribution < -0.4 is 5.32 Å². The summed E-state index contributed by atoms with van der Waals surface area (Å²) in [5.41, 5.74) is -0.538. The van der Waals surface area contributed by atoms with Gasteiger partial charge >= 0.3 is 5.69 Å². The SMILES string of the molecule is CCC(C)C(O)CNC(=O)c1cccc(Cl)c1[N+](=O)[O-]. The van der Waals surface area contributed by atoms with Gasteiger partial charge in [0.05, 0.1) is 11.0 Å². The zero-order valence-corrected chi connectivity index (χ0v) is 12.1. The van der Waals surface area contributed by atoms with E-state index >= 15 is 0 Å². The first-order valence-corrected chi connectivity index (χ1v) is 6.65. The maximum atomic E-state index is 12.0. The van der Waals surface area contributed by atoms with Gasteiger partial charge < -0.3 is 10.4 Å². The van der Waals surface area contributed by atoms with Crippen LogP contribution in [0.1, 0.15) is 30.6 Å². The molecule has 0 spiro atoms. The molecule has 7 heteroatoms. The first-order chi connectivity index (χ1) is 9.38. The number of carbonyl (C=O) groups excluding carboxylic acids is 1. The summed E-state index contributed by atoms with van der Waals surface area (Å²) in [5, 5.41) is 23.1. The summed E-state index contributed by atoms with van der Waals surface area (Å²) < 4.78 is 0. The molecule has 0 saturated heterocycles. The fourth-order valence-corrected chi connectivity index (χ4v) is 1.89. The number of hydrogen-bond acceptors (Lipinski definition) is 4. The molecule has 1 amide bonds. The average molecular weight is 301 g/mol. The van der Waals surface area contributed by atoms with Gasteiger partial charge in [0, 0.05) is 6.54 Å². The maximum absolute atomic E-state index is 12.0. The van der Waals surface area contributed by atoms with E-state index in [0.717, 1.165) is 6.42 Å². The van der Waals surface area contributed by atoms with E-state index in [4.69, 9.17) is 11.6 Å². The van der Waals surface area contributed by atoms with Gasteiger partial charge in [-0.25, -0.2) is 0 Å². The van der Waals surface area contributed by atoms with E-state index in [2.05, 4.69) is 5.32 Å². The molecule has 0 radical (unpaired) electrons. The van der Waals surface area contributed by atoms with E-state index in [1.807, 2.05) is 13.8 Å². The van der Waals surface area contributed by atoms with Gasteiger partial charge in [0.2, 0.25) is 0 Å². The first-order valence-electron chi connectivity index (χ1n) is 6.27. The van der Waals surface area contributed by atoms with Crippen molar-refractivity contribution in [2.24, 2.45) is 5.92 Å². The van der Waals surface area contributed by atoms with Crippen LogP contribution in [0.2, 0.25) is 5.02 Å². The Morgan fingerprint density at radius 3 is 2.75 bits per heavy atom. The highest BCUT2D eigenvalue weighted by Crippen LogP contribution is 2.28. The number of halogens is 1. The highest BCUT2D eigenvalue weighted by Gasteiger charge is 2.24. The molecular weight excluding hydrogens is 284 g/mol. The number of nitro groups is 1. The van der Waals surface area contributed by atoms with Gasteiger partial charge in [0.25, 0.3) is 5.91 Å². The van der Waals surface area contributed by atoms with Crippen LogP contribution in [0.3, 0.4) is 0 Å². The largest absolute Gasteiger partial charge is 0.391 e. The van der Waals surface area contributed by atoms with E-state index in [0.29, 0.717) is 0 Å². The molecule has 20 heavy (non-hydrogen) atoms. The lowest BCUT2D eigenvalue weighted by Crippen LogP contribution is -2.35. The number of para-hydroxylation sites is 1. The van der Waals surface area contributed by atoms with E-state index in [1.54, 1.807) is 0 Å². The van der Waals surface area contributed by atoms with Crippen LogP contribution in [-0.4, -0.2) is 28.6 Å². The van der Waals surface area contributed by atoms with Crippen molar-refractivity contribution in [2.75, 3.05) is 6.54 Å². The van der Waals surface area contributed by atoms with Crippen LogP contribution in [0.15, 0.2) is 18.2 Å². The molecule has 0 aliphatic rings. The third-order valence-electron chi connectivity index (χ3n) is 3.19. The molecule has 1 aromatic rings. The fourth-order valence-electron chi connectivity index (χ4n) is 1.65. The van der Waals surface area contributed by atoms with Gasteiger partial charge in [0.1, 0.15) is 10.6 Å². The minimum absolute atomic E-state index is 0.0321. The van der Waals surface area contributed by atoms with E-state index in [-0.39, 0.29) is 23.0 Å². The second-order valence-corrected chi connectivity index (χ2v) is 4.96. The molecule has 0 aromatic heterocycles. The Morgan fingerprint density at radius 2 is 2.20 bits per heavy atom. The normalized spacial score (nSPS) is 13.6. The highest BCUT2D eigenvalue weighted by atomic mass is 35.5. The summed E-state index contributed by atoms with van der Waals surface area (Å²) in [6.45, 7) is 3.83. The van der Waals surface area contributed by atoms with Gasteiger partial charge in [-0.1, -0.05) is 37.9 Å². The molecule has 0 fully saturated rings. The molecule has 1 rings (SSSR count). The van der Waals surface area contributed by atoms with E-state index < -0.39 is 22.6 Å². The van der Waals surface area contributed by atoms with Crippen molar-refractivity contribution in [3.8, 4) is 0 Å². The van der Waals surface area contributed by atoms with Crippen LogP contribution >= 0.6 is 11.6 Å². The van der Waals surface area contributed by atoms with Crippen LogP contribution in [-0.2, 0) is 0 Å². The van der Waals surface area contributed by atoms with Crippen LogP contribution in [0.5, 0.6) is 0 Å². The highest BCUT2D eigenvalue weighted by molar-refractivity contribution is 6.33. The fraction of sp³-hybridized carbons (Fsp3) is 0.462. The summed E-state index contributed by atoms with van der Waals surface area (Å²) in [7, 11) is 0. The summed E-state index contributed by atoms with van der Waals surface area (Å²) in [6, 6.07) is 4.15. The van der Waals surface area contributed by atoms with Gasteiger partial charge in [-0.2, -0.15) is 0 Å². The molecule has 110 valence electrons. The summed E-state index contributed by atoms with van der Waals surface area (Å²) in [5.74, 6) is -0.591. The van der Waals surface area contributed by atoms with Gasteiger partial charge in [-0.05, 0) is 18.1 Å². The summed E-state index contributed by atoms with van der Waals surface area (Å²) in [4.78, 5) is 22.2.